The van der Waals surface area contributed by atoms with E-state index in [0.717, 1.165) is 17.8 Å². The molecule has 0 unspecified atom stereocenters. The highest BCUT2D eigenvalue weighted by molar-refractivity contribution is 7.15. The molecular formula is C13H16N4O2S. The number of aryl methyl sites for hydroxylation is 1. The number of nitrogens with one attached hydrogen (secondary N) is 1. The summed E-state index contributed by atoms with van der Waals surface area (Å²) in [4.78, 5) is 11.7. The highest BCUT2D eigenvalue weighted by Crippen LogP contribution is 2.16. The predicted octanol–water partition coefficient (Wildman–Crippen LogP) is 1.45. The van der Waals surface area contributed by atoms with Crippen molar-refractivity contribution in [1.82, 2.24) is 10.2 Å². The average molecular weight is 292 g/mol. The van der Waals surface area contributed by atoms with Crippen molar-refractivity contribution in [2.24, 2.45) is 5.73 Å². The fraction of sp³-hybridized carbons (Fsp3) is 0.308. The van der Waals surface area contributed by atoms with Crippen LogP contribution in [-0.2, 0) is 11.2 Å². The molecule has 1 aromatic carbocycles. The van der Waals surface area contributed by atoms with Gasteiger partial charge in [-0.15, -0.1) is 10.2 Å². The molecule has 0 radical (unpaired) electrons. The third kappa shape index (κ3) is 4.60. The van der Waals surface area contributed by atoms with Crippen LogP contribution in [0.3, 0.4) is 0 Å². The fourth-order valence-corrected chi connectivity index (χ4v) is 2.28. The number of nitrogens with two attached hydrogens (primary N) is 1. The van der Waals surface area contributed by atoms with Crippen LogP contribution in [0.2, 0.25) is 0 Å². The minimum atomic E-state index is -0.254. The van der Waals surface area contributed by atoms with Gasteiger partial charge in [-0.25, -0.2) is 0 Å². The number of benzene rings is 1. The van der Waals surface area contributed by atoms with E-state index in [2.05, 4.69) is 15.5 Å². The molecule has 0 spiro atoms. The fourth-order valence-electron chi connectivity index (χ4n) is 1.48. The van der Waals surface area contributed by atoms with Crippen molar-refractivity contribution in [3.05, 3.63) is 35.3 Å². The van der Waals surface area contributed by atoms with Crippen LogP contribution in [0.5, 0.6) is 5.75 Å². The molecule has 0 aliphatic heterocycles. The van der Waals surface area contributed by atoms with E-state index in [9.17, 15) is 4.79 Å². The zero-order chi connectivity index (χ0) is 14.2. The third-order valence-corrected chi connectivity index (χ3v) is 3.32. The number of hydrogen-bond donors (Lipinski definition) is 2. The van der Waals surface area contributed by atoms with Crippen LogP contribution in [0, 0.1) is 0 Å². The Labute approximate surface area is 121 Å². The quantitative estimate of drug-likeness (QED) is 0.806. The number of nitrogens with zero attached hydrogens (tertiary/aromatic N) is 2. The summed E-state index contributed by atoms with van der Waals surface area (Å²) in [6.45, 7) is 0.563. The maximum atomic E-state index is 11.7. The van der Waals surface area contributed by atoms with Gasteiger partial charge in [0, 0.05) is 6.42 Å². The van der Waals surface area contributed by atoms with Crippen LogP contribution in [-0.4, -0.2) is 29.3 Å². The molecule has 2 aromatic rings. The molecular weight excluding hydrogens is 276 g/mol. The highest BCUT2D eigenvalue weighted by atomic mass is 32.1. The van der Waals surface area contributed by atoms with Crippen LogP contribution in [0.25, 0.3) is 0 Å². The van der Waals surface area contributed by atoms with E-state index < -0.39 is 0 Å². The number of ether oxygens (including phenoxy) is 1. The lowest BCUT2D eigenvalue weighted by Crippen LogP contribution is -2.20. The molecule has 0 fully saturated rings. The molecule has 0 atom stereocenters. The number of amides is 1. The largest absolute Gasteiger partial charge is 0.484 e. The normalized spacial score (nSPS) is 10.2. The molecule has 0 saturated carbocycles. The van der Waals surface area contributed by atoms with E-state index in [1.54, 1.807) is 12.1 Å². The second kappa shape index (κ2) is 7.56. The van der Waals surface area contributed by atoms with E-state index in [0.29, 0.717) is 17.4 Å². The van der Waals surface area contributed by atoms with Crippen molar-refractivity contribution in [2.75, 3.05) is 18.5 Å². The Morgan fingerprint density at radius 1 is 1.30 bits per heavy atom. The zero-order valence-corrected chi connectivity index (χ0v) is 11.7. The smallest absolute Gasteiger partial charge is 0.264 e. The van der Waals surface area contributed by atoms with E-state index in [4.69, 9.17) is 10.5 Å². The Morgan fingerprint density at radius 3 is 2.85 bits per heavy atom. The topological polar surface area (TPSA) is 90.1 Å². The molecule has 0 aliphatic rings. The summed E-state index contributed by atoms with van der Waals surface area (Å²) in [5, 5.41) is 11.9. The van der Waals surface area contributed by atoms with Crippen LogP contribution in [0.4, 0.5) is 5.13 Å². The molecule has 20 heavy (non-hydrogen) atoms. The second-order valence-electron chi connectivity index (χ2n) is 4.04. The summed E-state index contributed by atoms with van der Waals surface area (Å²) in [5.74, 6) is 0.402. The minimum Gasteiger partial charge on any atom is -0.484 e. The molecule has 0 saturated heterocycles. The van der Waals surface area contributed by atoms with Gasteiger partial charge in [-0.3, -0.25) is 10.1 Å². The van der Waals surface area contributed by atoms with Gasteiger partial charge in [-0.05, 0) is 25.1 Å². The van der Waals surface area contributed by atoms with E-state index in [-0.39, 0.29) is 12.5 Å². The van der Waals surface area contributed by atoms with Crippen molar-refractivity contribution in [2.45, 2.75) is 12.8 Å². The van der Waals surface area contributed by atoms with Crippen LogP contribution in [0.15, 0.2) is 30.3 Å². The maximum Gasteiger partial charge on any atom is 0.264 e. The lowest BCUT2D eigenvalue weighted by atomic mass is 10.3. The molecule has 2 rings (SSSR count). The van der Waals surface area contributed by atoms with Gasteiger partial charge in [0.05, 0.1) is 0 Å². The Hall–Kier alpha value is -1.99. The number of rotatable bonds is 7. The van der Waals surface area contributed by atoms with Crippen LogP contribution < -0.4 is 15.8 Å². The molecule has 1 amide bonds. The summed E-state index contributed by atoms with van der Waals surface area (Å²) >= 11 is 1.36. The molecule has 3 N–H and O–H groups in total. The van der Waals surface area contributed by atoms with Gasteiger partial charge in [0.15, 0.2) is 6.61 Å². The van der Waals surface area contributed by atoms with Gasteiger partial charge in [0.1, 0.15) is 10.8 Å². The maximum absolute atomic E-state index is 11.7. The van der Waals surface area contributed by atoms with Gasteiger partial charge in [-0.2, -0.15) is 0 Å². The Kier molecular flexibility index (Phi) is 5.45. The summed E-state index contributed by atoms with van der Waals surface area (Å²) in [6.07, 6.45) is 1.64. The van der Waals surface area contributed by atoms with Gasteiger partial charge in [0.2, 0.25) is 5.13 Å². The van der Waals surface area contributed by atoms with E-state index >= 15 is 0 Å². The first-order valence-electron chi connectivity index (χ1n) is 6.28. The Bertz CT molecular complexity index is 544. The first-order chi connectivity index (χ1) is 9.78. The summed E-state index contributed by atoms with van der Waals surface area (Å²) < 4.78 is 5.34. The van der Waals surface area contributed by atoms with Crippen molar-refractivity contribution in [1.29, 1.82) is 0 Å². The number of carbonyl (C=O) groups is 1. The van der Waals surface area contributed by atoms with Crippen molar-refractivity contribution >= 4 is 22.4 Å². The van der Waals surface area contributed by atoms with E-state index in [1.807, 2.05) is 18.2 Å². The Morgan fingerprint density at radius 2 is 2.10 bits per heavy atom. The average Bonchev–Trinajstić information content (AvgIpc) is 2.91. The van der Waals surface area contributed by atoms with Crippen molar-refractivity contribution in [3.8, 4) is 5.75 Å². The van der Waals surface area contributed by atoms with Crippen LogP contribution in [0.1, 0.15) is 11.4 Å². The molecule has 0 aliphatic carbocycles. The van der Waals surface area contributed by atoms with Crippen molar-refractivity contribution < 1.29 is 9.53 Å². The summed E-state index contributed by atoms with van der Waals surface area (Å²) in [5.41, 5.74) is 5.43. The zero-order valence-electron chi connectivity index (χ0n) is 10.9. The predicted molar refractivity (Wildman–Crippen MR) is 77.9 cm³/mol. The lowest BCUT2D eigenvalue weighted by Gasteiger charge is -2.04. The lowest BCUT2D eigenvalue weighted by molar-refractivity contribution is -0.118. The molecule has 1 heterocycles. The SMILES string of the molecule is NCCCc1nnc(NC(=O)COc2ccccc2)s1. The van der Waals surface area contributed by atoms with Gasteiger partial charge >= 0.3 is 0 Å². The number of anilines is 1. The number of aromatic nitrogens is 2. The molecule has 6 nitrogen and oxygen atoms in total. The summed E-state index contributed by atoms with van der Waals surface area (Å²) in [7, 11) is 0. The number of carbonyl (C=O) groups excluding carboxylic acids is 1. The molecule has 0 bridgehead atoms. The number of hydrogen-bond acceptors (Lipinski definition) is 6. The van der Waals surface area contributed by atoms with Gasteiger partial charge in [-0.1, -0.05) is 29.5 Å². The monoisotopic (exact) mass is 292 g/mol. The van der Waals surface area contributed by atoms with Gasteiger partial charge < -0.3 is 10.5 Å². The first-order valence-corrected chi connectivity index (χ1v) is 7.09. The molecule has 1 aromatic heterocycles. The summed E-state index contributed by atoms with van der Waals surface area (Å²) in [6, 6.07) is 9.17. The highest BCUT2D eigenvalue weighted by Gasteiger charge is 2.08. The second-order valence-corrected chi connectivity index (χ2v) is 5.11. The number of para-hydroxylation sites is 1. The third-order valence-electron chi connectivity index (χ3n) is 2.42. The minimum absolute atomic E-state index is 0.0538. The van der Waals surface area contributed by atoms with Gasteiger partial charge in [0.25, 0.3) is 5.91 Å². The molecule has 106 valence electrons. The standard InChI is InChI=1S/C13H16N4O2S/c14-8-4-7-12-16-17-13(20-12)15-11(18)9-19-10-5-2-1-3-6-10/h1-3,5-6H,4,7-9,14H2,(H,15,17,18). The first kappa shape index (κ1) is 14.4. The Balaban J connectivity index is 1.78. The van der Waals surface area contributed by atoms with Crippen LogP contribution >= 0.6 is 11.3 Å². The van der Waals surface area contributed by atoms with Crippen molar-refractivity contribution in [3.63, 3.8) is 0 Å². The molecule has 7 heteroatoms. The van der Waals surface area contributed by atoms with E-state index in [1.165, 1.54) is 11.3 Å².